The van der Waals surface area contributed by atoms with Crippen molar-refractivity contribution in [3.63, 3.8) is 0 Å². The highest BCUT2D eigenvalue weighted by Crippen LogP contribution is 2.28. The van der Waals surface area contributed by atoms with Crippen LogP contribution in [0.2, 0.25) is 0 Å². The molecular weight excluding hydrogens is 332 g/mol. The Hall–Kier alpha value is -2.14. The van der Waals surface area contributed by atoms with E-state index in [-0.39, 0.29) is 12.2 Å². The number of Topliss-reactive ketones (excluding diaryl/α,β-unsaturated/α-hetero) is 1. The molecule has 1 unspecified atom stereocenters. The first-order valence-corrected chi connectivity index (χ1v) is 9.20. The third-order valence-corrected chi connectivity index (χ3v) is 4.11. The molecule has 0 radical (unpaired) electrons. The molecule has 0 spiro atoms. The lowest BCUT2D eigenvalue weighted by molar-refractivity contribution is -0.196. The number of carbonyl (C=O) groups is 2. The lowest BCUT2D eigenvalue weighted by Crippen LogP contribution is -2.41. The number of carbonyl (C=O) groups excluding carboxylic acids is 2. The fourth-order valence-corrected chi connectivity index (χ4v) is 2.65. The van der Waals surface area contributed by atoms with Gasteiger partial charge in [-0.05, 0) is 32.1 Å². The minimum absolute atomic E-state index is 0.140. The Morgan fingerprint density at radius 3 is 2.54 bits per heavy atom. The Morgan fingerprint density at radius 1 is 1.15 bits per heavy atom. The normalized spacial score (nSPS) is 19.8. The van der Waals surface area contributed by atoms with Crippen molar-refractivity contribution in [1.29, 1.82) is 0 Å². The number of rotatable bonds is 14. The van der Waals surface area contributed by atoms with Gasteiger partial charge in [0.25, 0.3) is 0 Å². The first-order valence-electron chi connectivity index (χ1n) is 9.20. The van der Waals surface area contributed by atoms with Crippen molar-refractivity contribution < 1.29 is 24.2 Å². The van der Waals surface area contributed by atoms with Crippen LogP contribution in [0.5, 0.6) is 0 Å². The van der Waals surface area contributed by atoms with Crippen LogP contribution in [0.3, 0.4) is 0 Å². The molecule has 0 bridgehead atoms. The van der Waals surface area contributed by atoms with Crippen molar-refractivity contribution in [1.82, 2.24) is 0 Å². The average molecular weight is 362 g/mol. The second kappa shape index (κ2) is 12.3. The monoisotopic (exact) mass is 362 g/mol. The molecule has 5 heteroatoms. The molecule has 0 aromatic rings. The summed E-state index contributed by atoms with van der Waals surface area (Å²) >= 11 is 0. The van der Waals surface area contributed by atoms with E-state index in [9.17, 15) is 14.7 Å². The zero-order valence-corrected chi connectivity index (χ0v) is 15.6. The van der Waals surface area contributed by atoms with Crippen LogP contribution >= 0.6 is 0 Å². The smallest absolute Gasteiger partial charge is 0.337 e. The minimum atomic E-state index is -2.24. The average Bonchev–Trinajstić information content (AvgIpc) is 2.93. The van der Waals surface area contributed by atoms with E-state index in [1.165, 1.54) is 7.11 Å². The molecule has 0 saturated heterocycles. The fraction of sp³-hybridized carbons (Fsp3) is 0.524. The highest BCUT2D eigenvalue weighted by molar-refractivity contribution is 5.97. The van der Waals surface area contributed by atoms with Crippen molar-refractivity contribution in [2.75, 3.05) is 7.11 Å². The summed E-state index contributed by atoms with van der Waals surface area (Å²) in [6.07, 6.45) is 19.4. The van der Waals surface area contributed by atoms with Crippen LogP contribution in [-0.2, 0) is 19.1 Å². The van der Waals surface area contributed by atoms with E-state index in [1.54, 1.807) is 0 Å². The van der Waals surface area contributed by atoms with Crippen molar-refractivity contribution in [2.45, 2.75) is 63.6 Å². The Labute approximate surface area is 156 Å². The van der Waals surface area contributed by atoms with Gasteiger partial charge in [0.2, 0.25) is 5.78 Å². The van der Waals surface area contributed by atoms with Gasteiger partial charge in [-0.1, -0.05) is 49.6 Å². The maximum absolute atomic E-state index is 12.1. The summed E-state index contributed by atoms with van der Waals surface area (Å²) in [5.41, 5.74) is 0. The molecule has 0 aliphatic carbocycles. The van der Waals surface area contributed by atoms with Gasteiger partial charge >= 0.3 is 11.8 Å². The lowest BCUT2D eigenvalue weighted by Gasteiger charge is -2.21. The molecule has 0 amide bonds. The van der Waals surface area contributed by atoms with Crippen LogP contribution in [0, 0.1) is 0 Å². The Kier molecular flexibility index (Phi) is 10.3. The Morgan fingerprint density at radius 2 is 1.81 bits per heavy atom. The molecule has 1 N–H and O–H groups in total. The number of ketones is 1. The zero-order valence-electron chi connectivity index (χ0n) is 15.6. The molecule has 0 fully saturated rings. The molecule has 1 rings (SSSR count). The second-order valence-electron chi connectivity index (χ2n) is 6.21. The third-order valence-electron chi connectivity index (χ3n) is 4.11. The summed E-state index contributed by atoms with van der Waals surface area (Å²) in [5, 5.41) is 10.2. The number of ether oxygens (including phenoxy) is 2. The molecule has 0 saturated carbocycles. The number of aliphatic hydroxyl groups is 1. The highest BCUT2D eigenvalue weighted by atomic mass is 16.7. The molecule has 1 aliphatic heterocycles. The summed E-state index contributed by atoms with van der Waals surface area (Å²) in [5.74, 6) is -3.68. The molecule has 1 aliphatic rings. The molecular formula is C21H30O5. The fourth-order valence-electron chi connectivity index (χ4n) is 2.65. The maximum Gasteiger partial charge on any atom is 0.337 e. The first kappa shape index (κ1) is 21.9. The van der Waals surface area contributed by atoms with Crippen LogP contribution in [0.15, 0.2) is 48.8 Å². The third kappa shape index (κ3) is 7.40. The van der Waals surface area contributed by atoms with Crippen molar-refractivity contribution in [2.24, 2.45) is 0 Å². The van der Waals surface area contributed by atoms with Gasteiger partial charge in [0.1, 0.15) is 0 Å². The molecule has 144 valence electrons. The van der Waals surface area contributed by atoms with E-state index >= 15 is 0 Å². The van der Waals surface area contributed by atoms with Crippen molar-refractivity contribution >= 4 is 11.8 Å². The largest absolute Gasteiger partial charge is 0.494 e. The quantitative estimate of drug-likeness (QED) is 0.286. The van der Waals surface area contributed by atoms with E-state index < -0.39 is 17.5 Å². The van der Waals surface area contributed by atoms with E-state index in [0.717, 1.165) is 51.0 Å². The Bertz CT molecular complexity index is 559. The van der Waals surface area contributed by atoms with Gasteiger partial charge in [-0.25, -0.2) is 4.79 Å². The van der Waals surface area contributed by atoms with E-state index in [4.69, 9.17) is 9.47 Å². The summed E-state index contributed by atoms with van der Waals surface area (Å²) in [6.45, 7) is 3.66. The number of esters is 1. The maximum atomic E-state index is 12.1. The van der Waals surface area contributed by atoms with Crippen molar-refractivity contribution in [3.05, 3.63) is 48.8 Å². The molecule has 0 aromatic carbocycles. The number of hydrogen-bond donors (Lipinski definition) is 1. The molecule has 26 heavy (non-hydrogen) atoms. The van der Waals surface area contributed by atoms with E-state index in [2.05, 4.69) is 30.9 Å². The number of methoxy groups -OCH3 is 1. The summed E-state index contributed by atoms with van der Waals surface area (Å²) in [6, 6.07) is 0. The predicted octanol–water partition coefficient (Wildman–Crippen LogP) is 4.14. The molecule has 0 aromatic heterocycles. The van der Waals surface area contributed by atoms with Gasteiger partial charge in [0.05, 0.1) is 13.2 Å². The first-order chi connectivity index (χ1) is 12.5. The molecule has 1 atom stereocenters. The van der Waals surface area contributed by atoms with Crippen LogP contribution in [0.4, 0.5) is 0 Å². The SMILES string of the molecule is C=CC/C=C\C/C=C\CCCCCCCC(=O)C1(O)OC(=O)C=C1OC. The number of unbranched alkanes of at least 4 members (excludes halogenated alkanes) is 5. The van der Waals surface area contributed by atoms with Gasteiger partial charge < -0.3 is 14.6 Å². The van der Waals surface area contributed by atoms with E-state index in [1.807, 2.05) is 6.08 Å². The van der Waals surface area contributed by atoms with Crippen LogP contribution in [-0.4, -0.2) is 29.8 Å². The summed E-state index contributed by atoms with van der Waals surface area (Å²) in [4.78, 5) is 23.3. The topological polar surface area (TPSA) is 72.8 Å². The minimum Gasteiger partial charge on any atom is -0.494 e. The standard InChI is InChI=1S/C21H30O5/c1-3-4-5-6-7-8-9-10-11-12-13-14-15-16-18(22)21(24)19(25-2)17-20(23)26-21/h3,5-6,8-9,17,24H,1,4,7,10-16H2,2H3/b6-5-,9-8-. The van der Waals surface area contributed by atoms with Crippen LogP contribution < -0.4 is 0 Å². The second-order valence-corrected chi connectivity index (χ2v) is 6.21. The number of allylic oxidation sites excluding steroid dienone is 5. The van der Waals surface area contributed by atoms with Gasteiger partial charge in [-0.15, -0.1) is 6.58 Å². The van der Waals surface area contributed by atoms with Crippen molar-refractivity contribution in [3.8, 4) is 0 Å². The van der Waals surface area contributed by atoms with Gasteiger partial charge in [0.15, 0.2) is 5.76 Å². The predicted molar refractivity (Wildman–Crippen MR) is 101 cm³/mol. The molecule has 1 heterocycles. The summed E-state index contributed by atoms with van der Waals surface area (Å²) < 4.78 is 9.58. The van der Waals surface area contributed by atoms with Crippen LogP contribution in [0.25, 0.3) is 0 Å². The highest BCUT2D eigenvalue weighted by Gasteiger charge is 2.49. The lowest BCUT2D eigenvalue weighted by atomic mass is 10.0. The zero-order chi connectivity index (χ0) is 19.3. The van der Waals surface area contributed by atoms with Gasteiger partial charge in [-0.2, -0.15) is 0 Å². The number of cyclic esters (lactones) is 1. The number of hydrogen-bond acceptors (Lipinski definition) is 5. The Balaban J connectivity index is 2.08. The van der Waals surface area contributed by atoms with Crippen LogP contribution in [0.1, 0.15) is 57.8 Å². The van der Waals surface area contributed by atoms with E-state index in [0.29, 0.717) is 6.42 Å². The van der Waals surface area contributed by atoms with Gasteiger partial charge in [0, 0.05) is 6.42 Å². The molecule has 5 nitrogen and oxygen atoms in total. The summed E-state index contributed by atoms with van der Waals surface area (Å²) in [7, 11) is 1.29. The van der Waals surface area contributed by atoms with Gasteiger partial charge in [-0.3, -0.25) is 4.79 Å².